The number of nitrogens with zero attached hydrogens (tertiary/aromatic N) is 3. The molecule has 0 radical (unpaired) electrons. The highest BCUT2D eigenvalue weighted by atomic mass is 15.2. The van der Waals surface area contributed by atoms with E-state index in [4.69, 9.17) is 4.98 Å². The molecule has 0 saturated carbocycles. The molecule has 3 aromatic carbocycles. The second kappa shape index (κ2) is 7.14. The van der Waals surface area contributed by atoms with E-state index in [-0.39, 0.29) is 0 Å². The molecule has 0 N–H and O–H groups in total. The smallest absolute Gasteiger partial charge is 0.257 e. The van der Waals surface area contributed by atoms with E-state index in [1.807, 2.05) is 0 Å². The van der Waals surface area contributed by atoms with Gasteiger partial charge in [0.05, 0.1) is 18.3 Å². The quantitative estimate of drug-likeness (QED) is 0.295. The predicted molar refractivity (Wildman–Crippen MR) is 135 cm³/mol. The van der Waals surface area contributed by atoms with Crippen molar-refractivity contribution >= 4 is 11.0 Å². The van der Waals surface area contributed by atoms with Crippen molar-refractivity contribution in [1.82, 2.24) is 9.55 Å². The molecular formula is C30H28N3+. The number of imidazole rings is 1. The van der Waals surface area contributed by atoms with Crippen molar-refractivity contribution in [3.05, 3.63) is 100 Å². The van der Waals surface area contributed by atoms with E-state index < -0.39 is 0 Å². The molecule has 0 spiro atoms. The van der Waals surface area contributed by atoms with Crippen molar-refractivity contribution in [2.75, 3.05) is 0 Å². The Kier molecular flexibility index (Phi) is 4.31. The van der Waals surface area contributed by atoms with Gasteiger partial charge in [0.15, 0.2) is 11.0 Å². The van der Waals surface area contributed by atoms with Gasteiger partial charge in [0.2, 0.25) is 0 Å². The molecule has 33 heavy (non-hydrogen) atoms. The van der Waals surface area contributed by atoms with Crippen molar-refractivity contribution in [2.45, 2.75) is 34.1 Å². The summed E-state index contributed by atoms with van der Waals surface area (Å²) in [5.41, 5.74) is 15.1. The molecule has 0 atom stereocenters. The average Bonchev–Trinajstić information content (AvgIpc) is 3.27. The van der Waals surface area contributed by atoms with Gasteiger partial charge in [0.25, 0.3) is 5.82 Å². The first-order valence-corrected chi connectivity index (χ1v) is 11.6. The minimum absolute atomic E-state index is 0.899. The number of hydrogen-bond donors (Lipinski definition) is 0. The highest BCUT2D eigenvalue weighted by Crippen LogP contribution is 2.40. The summed E-state index contributed by atoms with van der Waals surface area (Å²) in [6.45, 7) is 8.70. The first-order valence-electron chi connectivity index (χ1n) is 11.6. The molecule has 2 heterocycles. The predicted octanol–water partition coefficient (Wildman–Crippen LogP) is 6.32. The van der Waals surface area contributed by atoms with Gasteiger partial charge in [-0.1, -0.05) is 42.5 Å². The Morgan fingerprint density at radius 2 is 1.48 bits per heavy atom. The van der Waals surface area contributed by atoms with E-state index in [2.05, 4.69) is 111 Å². The fourth-order valence-corrected chi connectivity index (χ4v) is 5.52. The van der Waals surface area contributed by atoms with E-state index in [0.29, 0.717) is 0 Å². The molecule has 3 heteroatoms. The SMILES string of the molecule is Cc1ccc2c(n1)Cc1cc3c(cc1-2)n(-c1c(C)cccc1C)c(-c1ccccc1C)[n+]3C. The van der Waals surface area contributed by atoms with Crippen LogP contribution in [0, 0.1) is 27.7 Å². The monoisotopic (exact) mass is 430 g/mol. The van der Waals surface area contributed by atoms with Gasteiger partial charge in [-0.3, -0.25) is 4.98 Å². The van der Waals surface area contributed by atoms with E-state index >= 15 is 0 Å². The molecule has 1 aliphatic rings. The summed E-state index contributed by atoms with van der Waals surface area (Å²) >= 11 is 0. The molecule has 3 nitrogen and oxygen atoms in total. The van der Waals surface area contributed by atoms with E-state index in [9.17, 15) is 0 Å². The van der Waals surface area contributed by atoms with E-state index in [1.54, 1.807) is 0 Å². The van der Waals surface area contributed by atoms with Crippen molar-refractivity contribution in [3.63, 3.8) is 0 Å². The van der Waals surface area contributed by atoms with Gasteiger partial charge >= 0.3 is 0 Å². The summed E-state index contributed by atoms with van der Waals surface area (Å²) in [6.07, 6.45) is 0.899. The molecule has 0 aliphatic heterocycles. The molecule has 5 aromatic rings. The van der Waals surface area contributed by atoms with Crippen molar-refractivity contribution in [3.8, 4) is 28.2 Å². The third-order valence-corrected chi connectivity index (χ3v) is 7.14. The van der Waals surface area contributed by atoms with Gasteiger partial charge in [0, 0.05) is 17.7 Å². The summed E-state index contributed by atoms with van der Waals surface area (Å²) in [4.78, 5) is 4.84. The zero-order valence-electron chi connectivity index (χ0n) is 19.9. The van der Waals surface area contributed by atoms with Gasteiger partial charge in [-0.05, 0) is 79.8 Å². The Bertz CT molecular complexity index is 1570. The fraction of sp³-hybridized carbons (Fsp3) is 0.200. The van der Waals surface area contributed by atoms with Crippen LogP contribution in [-0.4, -0.2) is 9.55 Å². The fourth-order valence-electron chi connectivity index (χ4n) is 5.52. The van der Waals surface area contributed by atoms with Crippen LogP contribution < -0.4 is 4.57 Å². The van der Waals surface area contributed by atoms with Crippen LogP contribution in [0.15, 0.2) is 66.7 Å². The molecule has 162 valence electrons. The molecule has 6 rings (SSSR count). The second-order valence-corrected chi connectivity index (χ2v) is 9.40. The second-order valence-electron chi connectivity index (χ2n) is 9.40. The Labute approximate surface area is 195 Å². The van der Waals surface area contributed by atoms with Crippen LogP contribution in [0.3, 0.4) is 0 Å². The average molecular weight is 431 g/mol. The minimum Gasteiger partial charge on any atom is -0.257 e. The van der Waals surface area contributed by atoms with Crippen LogP contribution in [0.4, 0.5) is 0 Å². The minimum atomic E-state index is 0.899. The zero-order chi connectivity index (χ0) is 22.9. The van der Waals surface area contributed by atoms with Crippen LogP contribution in [0.5, 0.6) is 0 Å². The normalized spacial score (nSPS) is 12.3. The molecule has 0 fully saturated rings. The number of fused-ring (bicyclic) bond motifs is 4. The molecule has 1 aliphatic carbocycles. The van der Waals surface area contributed by atoms with Gasteiger partial charge < -0.3 is 0 Å². The first kappa shape index (κ1) is 19.9. The maximum atomic E-state index is 4.84. The Morgan fingerprint density at radius 1 is 0.758 bits per heavy atom. The number of pyridine rings is 1. The van der Waals surface area contributed by atoms with Crippen molar-refractivity contribution in [1.29, 1.82) is 0 Å². The summed E-state index contributed by atoms with van der Waals surface area (Å²) in [5, 5.41) is 0. The molecular weight excluding hydrogens is 402 g/mol. The van der Waals surface area contributed by atoms with Crippen molar-refractivity contribution < 1.29 is 4.57 Å². The van der Waals surface area contributed by atoms with Crippen LogP contribution in [-0.2, 0) is 13.5 Å². The number of hydrogen-bond acceptors (Lipinski definition) is 1. The van der Waals surface area contributed by atoms with Gasteiger partial charge in [-0.15, -0.1) is 0 Å². The van der Waals surface area contributed by atoms with Crippen molar-refractivity contribution in [2.24, 2.45) is 7.05 Å². The van der Waals surface area contributed by atoms with Crippen LogP contribution in [0.1, 0.15) is 33.6 Å². The van der Waals surface area contributed by atoms with Gasteiger partial charge in [0.1, 0.15) is 5.69 Å². The topological polar surface area (TPSA) is 21.7 Å². The van der Waals surface area contributed by atoms with Gasteiger partial charge in [-0.25, -0.2) is 4.57 Å². The number of aromatic nitrogens is 3. The number of benzene rings is 3. The molecule has 0 unspecified atom stereocenters. The Morgan fingerprint density at radius 3 is 2.24 bits per heavy atom. The first-order chi connectivity index (χ1) is 15.9. The molecule has 0 amide bonds. The third kappa shape index (κ3) is 2.88. The van der Waals surface area contributed by atoms with E-state index in [1.165, 1.54) is 67.2 Å². The van der Waals surface area contributed by atoms with E-state index in [0.717, 1.165) is 12.1 Å². The molecule has 2 aromatic heterocycles. The maximum Gasteiger partial charge on any atom is 0.295 e. The summed E-state index contributed by atoms with van der Waals surface area (Å²) in [6, 6.07) is 24.4. The summed E-state index contributed by atoms with van der Waals surface area (Å²) in [7, 11) is 2.20. The number of rotatable bonds is 2. The summed E-state index contributed by atoms with van der Waals surface area (Å²) < 4.78 is 4.84. The number of para-hydroxylation sites is 1. The zero-order valence-corrected chi connectivity index (χ0v) is 19.9. The summed E-state index contributed by atoms with van der Waals surface area (Å²) in [5.74, 6) is 1.21. The largest absolute Gasteiger partial charge is 0.295 e. The lowest BCUT2D eigenvalue weighted by molar-refractivity contribution is -0.633. The molecule has 0 bridgehead atoms. The highest BCUT2D eigenvalue weighted by molar-refractivity contribution is 5.89. The standard InChI is InChI=1S/C30H28N3/c1-18-9-6-7-12-23(18)30-32(5)27-16-22-15-26-24(14-13-21(4)31-26)25(22)17-28(27)33(30)29-19(2)10-8-11-20(29)3/h6-14,16-17H,15H2,1-5H3/q+1. The van der Waals surface area contributed by atoms with Crippen LogP contribution in [0.25, 0.3) is 39.2 Å². The lowest BCUT2D eigenvalue weighted by Gasteiger charge is -2.11. The lowest BCUT2D eigenvalue weighted by atomic mass is 10.0. The Balaban J connectivity index is 1.76. The number of aryl methyl sites for hydroxylation is 5. The molecule has 0 saturated heterocycles. The Hall–Kier alpha value is -3.72. The third-order valence-electron chi connectivity index (χ3n) is 7.14. The van der Waals surface area contributed by atoms with Crippen LogP contribution >= 0.6 is 0 Å². The maximum absolute atomic E-state index is 4.84. The van der Waals surface area contributed by atoms with Gasteiger partial charge in [-0.2, -0.15) is 4.57 Å². The lowest BCUT2D eigenvalue weighted by Crippen LogP contribution is -2.30. The van der Waals surface area contributed by atoms with Crippen LogP contribution in [0.2, 0.25) is 0 Å². The highest BCUT2D eigenvalue weighted by Gasteiger charge is 2.31.